The number of hydrogen-bond acceptors (Lipinski definition) is 3. The quantitative estimate of drug-likeness (QED) is 0.762. The molecule has 6 heteroatoms. The summed E-state index contributed by atoms with van der Waals surface area (Å²) in [6.45, 7) is 8.66. The van der Waals surface area contributed by atoms with E-state index in [1.54, 1.807) is 16.8 Å². The van der Waals surface area contributed by atoms with E-state index in [2.05, 4.69) is 15.9 Å². The summed E-state index contributed by atoms with van der Waals surface area (Å²) in [4.78, 5) is 28.3. The summed E-state index contributed by atoms with van der Waals surface area (Å²) >= 11 is 3.45. The maximum absolute atomic E-state index is 12.7. The fraction of sp³-hybridized carbons (Fsp3) is 0.556. The molecule has 0 spiro atoms. The first-order chi connectivity index (χ1) is 11.1. The Kier molecular flexibility index (Phi) is 5.58. The third-order valence-corrected chi connectivity index (χ3v) is 4.72. The van der Waals surface area contributed by atoms with Crippen molar-refractivity contribution >= 4 is 27.9 Å². The van der Waals surface area contributed by atoms with Crippen LogP contribution in [0.15, 0.2) is 22.7 Å². The van der Waals surface area contributed by atoms with Crippen LogP contribution in [0.25, 0.3) is 0 Å². The summed E-state index contributed by atoms with van der Waals surface area (Å²) in [7, 11) is 1.73. The van der Waals surface area contributed by atoms with E-state index in [1.807, 2.05) is 45.9 Å². The molecule has 0 radical (unpaired) electrons. The van der Waals surface area contributed by atoms with Gasteiger partial charge in [-0.15, -0.1) is 0 Å². The van der Waals surface area contributed by atoms with Crippen LogP contribution < -0.4 is 0 Å². The summed E-state index contributed by atoms with van der Waals surface area (Å²) in [5, 5.41) is 0. The maximum atomic E-state index is 12.7. The van der Waals surface area contributed by atoms with Gasteiger partial charge in [-0.25, -0.2) is 4.79 Å². The van der Waals surface area contributed by atoms with E-state index in [0.717, 1.165) is 16.5 Å². The Morgan fingerprint density at radius 1 is 1.33 bits per heavy atom. The Labute approximate surface area is 152 Å². The lowest BCUT2D eigenvalue weighted by Gasteiger charge is -2.28. The lowest BCUT2D eigenvalue weighted by Crippen LogP contribution is -2.42. The third kappa shape index (κ3) is 4.50. The molecule has 1 heterocycles. The van der Waals surface area contributed by atoms with Crippen LogP contribution in [0, 0.1) is 6.92 Å². The van der Waals surface area contributed by atoms with Crippen LogP contribution in [-0.4, -0.2) is 53.6 Å². The molecule has 1 aliphatic rings. The van der Waals surface area contributed by atoms with Gasteiger partial charge in [0.15, 0.2) is 0 Å². The van der Waals surface area contributed by atoms with Crippen molar-refractivity contribution in [2.75, 3.05) is 20.1 Å². The number of nitrogens with zero attached hydrogens (tertiary/aromatic N) is 2. The SMILES string of the molecule is Cc1ccc(Br)c(C(=O)N2CC[C@H](N(C)C(=O)OC(C)(C)C)C2)c1. The molecular weight excluding hydrogens is 372 g/mol. The van der Waals surface area contributed by atoms with Crippen LogP contribution in [-0.2, 0) is 4.74 Å². The number of benzene rings is 1. The van der Waals surface area contributed by atoms with Crippen LogP contribution in [0.1, 0.15) is 43.1 Å². The second kappa shape index (κ2) is 7.13. The molecule has 0 N–H and O–H groups in total. The minimum absolute atomic E-state index is 0.00864. The van der Waals surface area contributed by atoms with Crippen LogP contribution in [0.3, 0.4) is 0 Å². The van der Waals surface area contributed by atoms with Gasteiger partial charge in [0.2, 0.25) is 0 Å². The zero-order valence-corrected chi connectivity index (χ0v) is 16.5. The number of carbonyl (C=O) groups excluding carboxylic acids is 2. The molecule has 2 amide bonds. The number of aryl methyl sites for hydroxylation is 1. The van der Waals surface area contributed by atoms with Crippen molar-refractivity contribution in [2.45, 2.75) is 45.8 Å². The highest BCUT2D eigenvalue weighted by Crippen LogP contribution is 2.24. The van der Waals surface area contributed by atoms with Gasteiger partial charge in [0, 0.05) is 24.6 Å². The van der Waals surface area contributed by atoms with E-state index in [-0.39, 0.29) is 18.0 Å². The van der Waals surface area contributed by atoms with Gasteiger partial charge in [0.25, 0.3) is 5.91 Å². The van der Waals surface area contributed by atoms with E-state index < -0.39 is 5.60 Å². The smallest absolute Gasteiger partial charge is 0.410 e. The predicted octanol–water partition coefficient (Wildman–Crippen LogP) is 3.84. The highest BCUT2D eigenvalue weighted by Gasteiger charge is 2.33. The van der Waals surface area contributed by atoms with Crippen LogP contribution >= 0.6 is 15.9 Å². The number of ether oxygens (including phenoxy) is 1. The molecule has 1 aliphatic heterocycles. The first-order valence-corrected chi connectivity index (χ1v) is 8.89. The van der Waals surface area contributed by atoms with E-state index >= 15 is 0 Å². The van der Waals surface area contributed by atoms with Crippen LogP contribution in [0.2, 0.25) is 0 Å². The van der Waals surface area contributed by atoms with Crippen molar-refractivity contribution in [3.05, 3.63) is 33.8 Å². The molecule has 1 aromatic rings. The largest absolute Gasteiger partial charge is 0.444 e. The molecule has 0 aliphatic carbocycles. The molecule has 132 valence electrons. The van der Waals surface area contributed by atoms with Gasteiger partial charge in [-0.2, -0.15) is 0 Å². The number of likely N-dealkylation sites (tertiary alicyclic amines) is 1. The molecule has 1 aromatic carbocycles. The Morgan fingerprint density at radius 3 is 2.62 bits per heavy atom. The van der Waals surface area contributed by atoms with E-state index in [9.17, 15) is 9.59 Å². The number of halogens is 1. The second-order valence-electron chi connectivity index (χ2n) is 7.27. The molecule has 2 rings (SSSR count). The predicted molar refractivity (Wildman–Crippen MR) is 97.2 cm³/mol. The lowest BCUT2D eigenvalue weighted by molar-refractivity contribution is 0.0226. The molecule has 24 heavy (non-hydrogen) atoms. The average molecular weight is 397 g/mol. The van der Waals surface area contributed by atoms with Crippen molar-refractivity contribution in [2.24, 2.45) is 0 Å². The fourth-order valence-corrected chi connectivity index (χ4v) is 3.11. The second-order valence-corrected chi connectivity index (χ2v) is 8.12. The topological polar surface area (TPSA) is 49.9 Å². The Hall–Kier alpha value is -1.56. The van der Waals surface area contributed by atoms with Crippen molar-refractivity contribution in [1.82, 2.24) is 9.80 Å². The van der Waals surface area contributed by atoms with Gasteiger partial charge in [-0.1, -0.05) is 11.6 Å². The first-order valence-electron chi connectivity index (χ1n) is 8.10. The lowest BCUT2D eigenvalue weighted by atomic mass is 10.1. The van der Waals surface area contributed by atoms with Crippen molar-refractivity contribution in [3.63, 3.8) is 0 Å². The van der Waals surface area contributed by atoms with Gasteiger partial charge < -0.3 is 14.5 Å². The number of carbonyl (C=O) groups is 2. The van der Waals surface area contributed by atoms with Crippen molar-refractivity contribution in [1.29, 1.82) is 0 Å². The normalized spacial score (nSPS) is 17.8. The number of rotatable bonds is 2. The van der Waals surface area contributed by atoms with E-state index in [0.29, 0.717) is 18.7 Å². The molecule has 1 saturated heterocycles. The molecule has 0 saturated carbocycles. The van der Waals surface area contributed by atoms with Crippen molar-refractivity contribution < 1.29 is 14.3 Å². The van der Waals surface area contributed by atoms with Gasteiger partial charge in [-0.3, -0.25) is 4.79 Å². The van der Waals surface area contributed by atoms with Crippen LogP contribution in [0.4, 0.5) is 4.79 Å². The van der Waals surface area contributed by atoms with Gasteiger partial charge in [0.1, 0.15) is 5.60 Å². The molecule has 0 bridgehead atoms. The molecule has 5 nitrogen and oxygen atoms in total. The summed E-state index contributed by atoms with van der Waals surface area (Å²) < 4.78 is 6.20. The van der Waals surface area contributed by atoms with Gasteiger partial charge >= 0.3 is 6.09 Å². The average Bonchev–Trinajstić information content (AvgIpc) is 2.96. The Balaban J connectivity index is 2.03. The standard InChI is InChI=1S/C18H25BrN2O3/c1-12-6-7-15(19)14(10-12)16(22)21-9-8-13(11-21)20(5)17(23)24-18(2,3)4/h6-7,10,13H,8-9,11H2,1-5H3/t13-/m0/s1. The summed E-state index contributed by atoms with van der Waals surface area (Å²) in [6.07, 6.45) is 0.406. The monoisotopic (exact) mass is 396 g/mol. The highest BCUT2D eigenvalue weighted by atomic mass is 79.9. The number of amides is 2. The zero-order chi connectivity index (χ0) is 18.1. The summed E-state index contributed by atoms with van der Waals surface area (Å²) in [5.41, 5.74) is 1.19. The molecule has 0 aromatic heterocycles. The highest BCUT2D eigenvalue weighted by molar-refractivity contribution is 9.10. The maximum Gasteiger partial charge on any atom is 0.410 e. The zero-order valence-electron chi connectivity index (χ0n) is 14.9. The first kappa shape index (κ1) is 18.8. The Morgan fingerprint density at radius 2 is 2.00 bits per heavy atom. The van der Waals surface area contributed by atoms with Gasteiger partial charge in [-0.05, 0) is 62.2 Å². The number of likely N-dealkylation sites (N-methyl/N-ethyl adjacent to an activating group) is 1. The minimum Gasteiger partial charge on any atom is -0.444 e. The molecule has 1 fully saturated rings. The summed E-state index contributed by atoms with van der Waals surface area (Å²) in [5.74, 6) is -0.00864. The fourth-order valence-electron chi connectivity index (χ4n) is 2.70. The number of hydrogen-bond donors (Lipinski definition) is 0. The molecular formula is C18H25BrN2O3. The Bertz CT molecular complexity index is 640. The molecule has 1 atom stereocenters. The minimum atomic E-state index is -0.522. The van der Waals surface area contributed by atoms with Gasteiger partial charge in [0.05, 0.1) is 11.6 Å². The van der Waals surface area contributed by atoms with E-state index in [4.69, 9.17) is 4.74 Å². The van der Waals surface area contributed by atoms with Crippen LogP contribution in [0.5, 0.6) is 0 Å². The third-order valence-electron chi connectivity index (χ3n) is 4.03. The van der Waals surface area contributed by atoms with Crippen molar-refractivity contribution in [3.8, 4) is 0 Å². The van der Waals surface area contributed by atoms with E-state index in [1.165, 1.54) is 0 Å². The molecule has 0 unspecified atom stereocenters. The summed E-state index contributed by atoms with van der Waals surface area (Å²) in [6, 6.07) is 5.72.